The van der Waals surface area contributed by atoms with Gasteiger partial charge in [0, 0.05) is 65.7 Å². The molecule has 0 N–H and O–H groups in total. The predicted octanol–water partition coefficient (Wildman–Crippen LogP) is 12.8. The first kappa shape index (κ1) is 41.3. The van der Waals surface area contributed by atoms with Crippen molar-refractivity contribution in [3.63, 3.8) is 0 Å². The third-order valence-electron chi connectivity index (χ3n) is 12.8. The van der Waals surface area contributed by atoms with Crippen molar-refractivity contribution in [2.75, 3.05) is 25.0 Å². The average molecular weight is 829 g/mol. The lowest BCUT2D eigenvalue weighted by atomic mass is 9.79. The van der Waals surface area contributed by atoms with Crippen LogP contribution >= 0.6 is 0 Å². The zero-order valence-corrected chi connectivity index (χ0v) is 36.3. The molecule has 0 saturated carbocycles. The second-order valence-corrected chi connectivity index (χ2v) is 19.2. The molecule has 0 atom stereocenters. The van der Waals surface area contributed by atoms with E-state index in [4.69, 9.17) is 0 Å². The van der Waals surface area contributed by atoms with Crippen molar-refractivity contribution in [3.05, 3.63) is 155 Å². The highest BCUT2D eigenvalue weighted by atomic mass is 32.2. The van der Waals surface area contributed by atoms with Crippen molar-refractivity contribution in [1.29, 1.82) is 0 Å². The molecule has 8 rings (SSSR count). The zero-order chi connectivity index (χ0) is 42.8. The van der Waals surface area contributed by atoms with E-state index in [1.54, 1.807) is 0 Å². The SMILES string of the molecule is CCCCN1/C(=C/C=C2C(N(C)S(=O)(=O)C(F)(F)F)=C(/C=C/C3=[N+](CCCC)c4ccc5ccccc5c4C3(C)C)c3ccccc3/2)C(C)(C)c2c1ccc1ccccc21. The first-order chi connectivity index (χ1) is 28.6. The van der Waals surface area contributed by atoms with E-state index in [0.717, 1.165) is 90.1 Å². The molecule has 310 valence electrons. The molecule has 2 aliphatic heterocycles. The Morgan fingerprint density at radius 1 is 0.717 bits per heavy atom. The summed E-state index contributed by atoms with van der Waals surface area (Å²) in [7, 11) is -4.77. The highest BCUT2D eigenvalue weighted by Gasteiger charge is 2.51. The van der Waals surface area contributed by atoms with Gasteiger partial charge in [0.2, 0.25) is 5.69 Å². The first-order valence-electron chi connectivity index (χ1n) is 21.0. The number of fused-ring (bicyclic) bond motifs is 7. The van der Waals surface area contributed by atoms with Gasteiger partial charge in [-0.15, -0.1) is 0 Å². The maximum absolute atomic E-state index is 14.6. The minimum atomic E-state index is -5.79. The fourth-order valence-electron chi connectivity index (χ4n) is 9.81. The van der Waals surface area contributed by atoms with E-state index in [-0.39, 0.29) is 5.70 Å². The van der Waals surface area contributed by atoms with Crippen LogP contribution in [-0.2, 0) is 20.9 Å². The Morgan fingerprint density at radius 3 is 1.97 bits per heavy atom. The van der Waals surface area contributed by atoms with Gasteiger partial charge in [-0.25, -0.2) is 0 Å². The molecule has 0 aromatic heterocycles. The standard InChI is InChI=1S/C51H53F3N3O2S/c1-8-10-32-56-42-28-24-34-18-12-14-20-36(34)46(42)49(3,4)44(56)30-26-40-38-22-16-17-23-39(38)41(48(40)55(7)60(58,59)51(52,53)54)27-31-45-50(5,6)47-37-21-15-13-19-35(37)25-29-43(47)57(45)33-11-9-2/h12-31H,8-11,32-33H2,1-7H3/q+1. The lowest BCUT2D eigenvalue weighted by Gasteiger charge is -2.27. The third-order valence-corrected chi connectivity index (χ3v) is 14.3. The van der Waals surface area contributed by atoms with E-state index in [0.29, 0.717) is 26.6 Å². The van der Waals surface area contributed by atoms with E-state index in [2.05, 4.69) is 99.5 Å². The Kier molecular flexibility index (Phi) is 10.5. The molecule has 60 heavy (non-hydrogen) atoms. The van der Waals surface area contributed by atoms with Crippen LogP contribution in [0.15, 0.2) is 133 Å². The quantitative estimate of drug-likeness (QED) is 0.125. The molecular weight excluding hydrogens is 776 g/mol. The van der Waals surface area contributed by atoms with Crippen molar-refractivity contribution in [2.45, 2.75) is 83.6 Å². The van der Waals surface area contributed by atoms with Gasteiger partial charge in [0.25, 0.3) is 0 Å². The highest BCUT2D eigenvalue weighted by Crippen LogP contribution is 2.52. The van der Waals surface area contributed by atoms with Gasteiger partial charge in [-0.3, -0.25) is 4.31 Å². The predicted molar refractivity (Wildman–Crippen MR) is 242 cm³/mol. The van der Waals surface area contributed by atoms with Crippen LogP contribution in [0.25, 0.3) is 32.7 Å². The lowest BCUT2D eigenvalue weighted by molar-refractivity contribution is -0.438. The Balaban J connectivity index is 1.35. The van der Waals surface area contributed by atoms with Crippen LogP contribution in [0.1, 0.15) is 89.5 Å². The Hall–Kier alpha value is -5.41. The van der Waals surface area contributed by atoms with Gasteiger partial charge in [-0.1, -0.05) is 125 Å². The van der Waals surface area contributed by atoms with E-state index in [1.165, 1.54) is 11.1 Å². The summed E-state index contributed by atoms with van der Waals surface area (Å²) >= 11 is 0. The number of allylic oxidation sites excluding steroid dienone is 7. The smallest absolute Gasteiger partial charge is 0.344 e. The molecule has 2 heterocycles. The molecule has 0 unspecified atom stereocenters. The number of unbranched alkanes of at least 4 members (excludes halogenated alkanes) is 2. The number of alkyl halides is 3. The Bertz CT molecular complexity index is 2820. The van der Waals surface area contributed by atoms with Crippen molar-refractivity contribution >= 4 is 59.8 Å². The molecule has 0 fully saturated rings. The molecule has 0 radical (unpaired) electrons. The summed E-state index contributed by atoms with van der Waals surface area (Å²) in [6.07, 6.45) is 11.5. The molecule has 5 aromatic rings. The Labute approximate surface area is 352 Å². The van der Waals surface area contributed by atoms with E-state index >= 15 is 0 Å². The maximum Gasteiger partial charge on any atom is 0.516 e. The molecule has 0 bridgehead atoms. The second-order valence-electron chi connectivity index (χ2n) is 17.2. The molecule has 0 saturated heterocycles. The molecule has 1 aliphatic carbocycles. The number of sulfonamides is 1. The van der Waals surface area contributed by atoms with Crippen LogP contribution in [0.2, 0.25) is 0 Å². The molecule has 3 aliphatic rings. The topological polar surface area (TPSA) is 43.6 Å². The maximum atomic E-state index is 14.6. The minimum absolute atomic E-state index is 0.0139. The van der Waals surface area contributed by atoms with E-state index in [9.17, 15) is 21.6 Å². The van der Waals surface area contributed by atoms with Gasteiger partial charge < -0.3 is 4.90 Å². The monoisotopic (exact) mass is 828 g/mol. The van der Waals surface area contributed by atoms with Gasteiger partial charge in [0.15, 0.2) is 5.71 Å². The normalized spacial score (nSPS) is 18.5. The minimum Gasteiger partial charge on any atom is -0.344 e. The lowest BCUT2D eigenvalue weighted by Crippen LogP contribution is -2.37. The largest absolute Gasteiger partial charge is 0.516 e. The average Bonchev–Trinajstić information content (AvgIpc) is 3.74. The van der Waals surface area contributed by atoms with Crippen molar-refractivity contribution in [3.8, 4) is 0 Å². The van der Waals surface area contributed by atoms with Gasteiger partial charge >= 0.3 is 15.5 Å². The number of hydrogen-bond donors (Lipinski definition) is 0. The highest BCUT2D eigenvalue weighted by molar-refractivity contribution is 7.90. The van der Waals surface area contributed by atoms with Gasteiger partial charge in [-0.05, 0) is 82.8 Å². The molecule has 9 heteroatoms. The van der Waals surface area contributed by atoms with Crippen LogP contribution in [0.3, 0.4) is 0 Å². The van der Waals surface area contributed by atoms with Gasteiger partial charge in [-0.2, -0.15) is 26.2 Å². The molecule has 0 amide bonds. The molecule has 5 nitrogen and oxygen atoms in total. The summed E-state index contributed by atoms with van der Waals surface area (Å²) in [6, 6.07) is 32.7. The zero-order valence-electron chi connectivity index (χ0n) is 35.5. The number of nitrogens with zero attached hydrogens (tertiary/aromatic N) is 3. The van der Waals surface area contributed by atoms with Crippen LogP contribution in [0, 0.1) is 0 Å². The number of hydrogen-bond acceptors (Lipinski definition) is 3. The summed E-state index contributed by atoms with van der Waals surface area (Å²) in [5, 5.41) is 4.58. The Morgan fingerprint density at radius 2 is 1.32 bits per heavy atom. The van der Waals surface area contributed by atoms with Crippen LogP contribution in [0.4, 0.5) is 24.5 Å². The number of anilines is 1. The second kappa shape index (κ2) is 15.2. The van der Waals surface area contributed by atoms with Gasteiger partial charge in [0.05, 0.1) is 11.1 Å². The summed E-state index contributed by atoms with van der Waals surface area (Å²) < 4.78 is 73.4. The summed E-state index contributed by atoms with van der Waals surface area (Å²) in [6.45, 7) is 14.6. The number of halogens is 3. The van der Waals surface area contributed by atoms with Crippen molar-refractivity contribution in [1.82, 2.24) is 4.31 Å². The summed E-state index contributed by atoms with van der Waals surface area (Å²) in [4.78, 5) is 2.33. The summed E-state index contributed by atoms with van der Waals surface area (Å²) in [5.74, 6) is 0. The van der Waals surface area contributed by atoms with Crippen LogP contribution in [-0.4, -0.2) is 48.7 Å². The molecular formula is C51H53F3N3O2S+. The fraction of sp³-hybridized carbons (Fsp3) is 0.314. The number of likely N-dealkylation sites (N-methyl/N-ethyl adjacent to an activating group) is 1. The van der Waals surface area contributed by atoms with Gasteiger partial charge in [0.1, 0.15) is 6.54 Å². The van der Waals surface area contributed by atoms with E-state index < -0.39 is 26.4 Å². The first-order valence-corrected chi connectivity index (χ1v) is 22.5. The van der Waals surface area contributed by atoms with Crippen LogP contribution < -0.4 is 4.90 Å². The molecule has 5 aromatic carbocycles. The molecule has 0 spiro atoms. The van der Waals surface area contributed by atoms with E-state index in [1.807, 2.05) is 72.8 Å². The van der Waals surface area contributed by atoms with Crippen molar-refractivity contribution < 1.29 is 26.2 Å². The third kappa shape index (κ3) is 6.51. The summed E-state index contributed by atoms with van der Waals surface area (Å²) in [5.41, 5.74) is 2.28. The van der Waals surface area contributed by atoms with Crippen molar-refractivity contribution in [2.24, 2.45) is 0 Å². The number of benzene rings is 5. The fourth-order valence-corrected chi connectivity index (χ4v) is 10.6. The van der Waals surface area contributed by atoms with Crippen LogP contribution in [0.5, 0.6) is 0 Å². The number of rotatable bonds is 11.